The van der Waals surface area contributed by atoms with Crippen molar-refractivity contribution in [2.45, 2.75) is 49.1 Å². The van der Waals surface area contributed by atoms with Crippen LogP contribution in [0.1, 0.15) is 49.2 Å². The van der Waals surface area contributed by atoms with Crippen molar-refractivity contribution < 1.29 is 19.0 Å². The van der Waals surface area contributed by atoms with Crippen LogP contribution in [0.3, 0.4) is 0 Å². The van der Waals surface area contributed by atoms with E-state index in [0.29, 0.717) is 29.3 Å². The van der Waals surface area contributed by atoms with Crippen LogP contribution in [0.2, 0.25) is 0 Å². The van der Waals surface area contributed by atoms with Crippen LogP contribution < -0.4 is 5.56 Å². The lowest BCUT2D eigenvalue weighted by Crippen LogP contribution is -2.30. The highest BCUT2D eigenvalue weighted by Gasteiger charge is 2.33. The molecule has 2 aromatic carbocycles. The summed E-state index contributed by atoms with van der Waals surface area (Å²) >= 11 is 0. The molecule has 2 aromatic heterocycles. The minimum atomic E-state index is -4.28. The molecule has 0 fully saturated rings. The fraction of sp³-hybridized carbons (Fsp3) is 0.233. The Morgan fingerprint density at radius 1 is 1.13 bits per heavy atom. The molecule has 4 aromatic rings. The number of hydrogen-bond acceptors (Lipinski definition) is 6. The third-order valence-corrected chi connectivity index (χ3v) is 8.85. The Kier molecular flexibility index (Phi) is 7.29. The van der Waals surface area contributed by atoms with E-state index in [1.165, 1.54) is 29.8 Å². The summed E-state index contributed by atoms with van der Waals surface area (Å²) in [4.78, 5) is 20.9. The molecule has 0 spiro atoms. The summed E-state index contributed by atoms with van der Waals surface area (Å²) in [5.74, 6) is -0.235. The average Bonchev–Trinajstić information content (AvgIpc) is 3.35. The summed E-state index contributed by atoms with van der Waals surface area (Å²) in [6, 6.07) is 16.7. The van der Waals surface area contributed by atoms with Crippen molar-refractivity contribution in [3.63, 3.8) is 0 Å². The maximum absolute atomic E-state index is 13.9. The van der Waals surface area contributed by atoms with Crippen LogP contribution in [0.4, 0.5) is 4.39 Å². The predicted octanol–water partition coefficient (Wildman–Crippen LogP) is 5.55. The fourth-order valence-corrected chi connectivity index (χ4v) is 6.70. The van der Waals surface area contributed by atoms with Gasteiger partial charge in [-0.25, -0.2) is 13.4 Å². The summed E-state index contributed by atoms with van der Waals surface area (Å²) in [6.45, 7) is 7.88. The van der Waals surface area contributed by atoms with Crippen LogP contribution in [-0.2, 0) is 27.6 Å². The smallest absolute Gasteiger partial charge is 0.292 e. The zero-order valence-electron chi connectivity index (χ0n) is 21.7. The number of halogens is 1. The highest BCUT2D eigenvalue weighted by Crippen LogP contribution is 2.37. The molecule has 0 N–H and O–H groups in total. The number of benzene rings is 2. The SMILES string of the molecule is C=Cc1c(S(=O)(=O)c2ccc(-c3ccc(F)nc3C)cc2)c(=O)nc(COCC)n1[C@H]1CCc2ccccc21.[HH]. The van der Waals surface area contributed by atoms with Crippen molar-refractivity contribution in [2.75, 3.05) is 6.61 Å². The normalized spacial score (nSPS) is 14.8. The van der Waals surface area contributed by atoms with Gasteiger partial charge >= 0.3 is 0 Å². The van der Waals surface area contributed by atoms with Gasteiger partial charge in [-0.1, -0.05) is 43.0 Å². The van der Waals surface area contributed by atoms with E-state index in [1.54, 1.807) is 29.7 Å². The van der Waals surface area contributed by atoms with Gasteiger partial charge in [0.1, 0.15) is 12.4 Å². The van der Waals surface area contributed by atoms with E-state index in [0.717, 1.165) is 18.4 Å². The van der Waals surface area contributed by atoms with E-state index >= 15 is 0 Å². The molecule has 0 bridgehead atoms. The van der Waals surface area contributed by atoms with Crippen LogP contribution in [0.5, 0.6) is 0 Å². The topological polar surface area (TPSA) is 91.2 Å². The van der Waals surface area contributed by atoms with Gasteiger partial charge in [0.15, 0.2) is 4.90 Å². The third-order valence-electron chi connectivity index (χ3n) is 7.03. The number of pyridine rings is 1. The van der Waals surface area contributed by atoms with E-state index in [2.05, 4.69) is 22.6 Å². The Bertz CT molecular complexity index is 1740. The Hall–Kier alpha value is -3.95. The lowest BCUT2D eigenvalue weighted by atomic mass is 10.1. The monoisotopic (exact) mass is 547 g/mol. The van der Waals surface area contributed by atoms with E-state index in [1.807, 2.05) is 25.1 Å². The minimum Gasteiger partial charge on any atom is -0.374 e. The molecule has 0 unspecified atom stereocenters. The Labute approximate surface area is 228 Å². The minimum absolute atomic E-state index is 0. The average molecular weight is 548 g/mol. The molecule has 0 amide bonds. The molecule has 1 aliphatic carbocycles. The largest absolute Gasteiger partial charge is 0.374 e. The van der Waals surface area contributed by atoms with Crippen LogP contribution in [0, 0.1) is 12.9 Å². The van der Waals surface area contributed by atoms with Crippen LogP contribution in [0.15, 0.2) is 81.8 Å². The number of ether oxygens (including phenoxy) is 1. The first-order valence-electron chi connectivity index (χ1n) is 12.7. The second kappa shape index (κ2) is 10.7. The number of fused-ring (bicyclic) bond motifs is 1. The molecular formula is C30H30FN3O4S. The van der Waals surface area contributed by atoms with Crippen LogP contribution in [0.25, 0.3) is 17.2 Å². The van der Waals surface area contributed by atoms with Crippen molar-refractivity contribution in [3.05, 3.63) is 112 Å². The third kappa shape index (κ3) is 4.84. The number of aryl methyl sites for hydroxylation is 2. The summed E-state index contributed by atoms with van der Waals surface area (Å²) in [5.41, 5.74) is 3.39. The first-order chi connectivity index (χ1) is 18.8. The zero-order valence-corrected chi connectivity index (χ0v) is 22.5. The van der Waals surface area contributed by atoms with Crippen LogP contribution >= 0.6 is 0 Å². The number of hydrogen-bond donors (Lipinski definition) is 0. The van der Waals surface area contributed by atoms with Gasteiger partial charge in [-0.2, -0.15) is 9.37 Å². The van der Waals surface area contributed by atoms with E-state index in [-0.39, 0.29) is 24.7 Å². The van der Waals surface area contributed by atoms with Gasteiger partial charge in [0.25, 0.3) is 5.56 Å². The number of sulfone groups is 1. The van der Waals surface area contributed by atoms with Gasteiger partial charge < -0.3 is 9.30 Å². The highest BCUT2D eigenvalue weighted by molar-refractivity contribution is 7.91. The van der Waals surface area contributed by atoms with Gasteiger partial charge in [-0.05, 0) is 73.7 Å². The maximum atomic E-state index is 13.9. The van der Waals surface area contributed by atoms with Crippen molar-refractivity contribution in [3.8, 4) is 11.1 Å². The lowest BCUT2D eigenvalue weighted by molar-refractivity contribution is 0.123. The number of nitrogens with zero attached hydrogens (tertiary/aromatic N) is 3. The second-order valence-electron chi connectivity index (χ2n) is 9.31. The van der Waals surface area contributed by atoms with E-state index in [4.69, 9.17) is 4.74 Å². The van der Waals surface area contributed by atoms with Gasteiger partial charge in [0, 0.05) is 19.3 Å². The molecule has 2 heterocycles. The maximum Gasteiger partial charge on any atom is 0.292 e. The molecule has 0 saturated heterocycles. The van der Waals surface area contributed by atoms with Gasteiger partial charge in [-0.15, -0.1) is 0 Å². The molecule has 0 radical (unpaired) electrons. The molecule has 202 valence electrons. The molecule has 9 heteroatoms. The van der Waals surface area contributed by atoms with Gasteiger partial charge in [0.2, 0.25) is 15.8 Å². The molecule has 1 atom stereocenters. The second-order valence-corrected chi connectivity index (χ2v) is 11.2. The lowest BCUT2D eigenvalue weighted by Gasteiger charge is -2.25. The molecule has 0 aliphatic heterocycles. The van der Waals surface area contributed by atoms with Gasteiger partial charge in [0.05, 0.1) is 16.6 Å². The van der Waals surface area contributed by atoms with Crippen molar-refractivity contribution in [1.82, 2.24) is 14.5 Å². The molecule has 7 nitrogen and oxygen atoms in total. The van der Waals surface area contributed by atoms with Gasteiger partial charge in [-0.3, -0.25) is 4.79 Å². The van der Waals surface area contributed by atoms with Crippen molar-refractivity contribution in [2.24, 2.45) is 0 Å². The summed E-state index contributed by atoms with van der Waals surface area (Å²) in [7, 11) is -4.28. The first-order valence-corrected chi connectivity index (χ1v) is 14.2. The van der Waals surface area contributed by atoms with Crippen molar-refractivity contribution in [1.29, 1.82) is 0 Å². The standard InChI is InChI=1S/C30H28FN3O4S.H2/c1-4-25-29(39(36,37)22-13-10-21(11-14-22)23-15-17-27(31)32-19(23)3)30(35)33-28(18-38-5-2)34(25)26-16-12-20-8-6-7-9-24(20)26;/h4,6-11,13-15,17,26H,1,5,12,16,18H2,2-3H3;1H/t26-;/m0./s1. The summed E-state index contributed by atoms with van der Waals surface area (Å²) < 4.78 is 48.7. The molecule has 39 heavy (non-hydrogen) atoms. The molecule has 5 rings (SSSR count). The zero-order chi connectivity index (χ0) is 27.7. The van der Waals surface area contributed by atoms with E-state index < -0.39 is 26.2 Å². The summed E-state index contributed by atoms with van der Waals surface area (Å²) in [6.07, 6.45) is 2.95. The molecular weight excluding hydrogens is 517 g/mol. The first kappa shape index (κ1) is 26.6. The Morgan fingerprint density at radius 3 is 2.56 bits per heavy atom. The Balaban J connectivity index is 0.00000370. The predicted molar refractivity (Wildman–Crippen MR) is 149 cm³/mol. The quantitative estimate of drug-likeness (QED) is 0.269. The highest BCUT2D eigenvalue weighted by atomic mass is 32.2. The van der Waals surface area contributed by atoms with Crippen LogP contribution in [-0.4, -0.2) is 29.6 Å². The number of aromatic nitrogens is 3. The fourth-order valence-electron chi connectivity index (χ4n) is 5.24. The molecule has 0 saturated carbocycles. The summed E-state index contributed by atoms with van der Waals surface area (Å²) in [5, 5.41) is 0. The Morgan fingerprint density at radius 2 is 1.87 bits per heavy atom. The molecule has 1 aliphatic rings. The van der Waals surface area contributed by atoms with Crippen molar-refractivity contribution >= 4 is 15.9 Å². The number of rotatable bonds is 8. The van der Waals surface area contributed by atoms with E-state index in [9.17, 15) is 17.6 Å².